The van der Waals surface area contributed by atoms with Crippen molar-refractivity contribution in [3.05, 3.63) is 50.6 Å². The van der Waals surface area contributed by atoms with Crippen LogP contribution >= 0.6 is 27.3 Å². The van der Waals surface area contributed by atoms with E-state index in [9.17, 15) is 0 Å². The highest BCUT2D eigenvalue weighted by Gasteiger charge is 2.08. The molecule has 0 fully saturated rings. The van der Waals surface area contributed by atoms with Crippen LogP contribution in [0, 0.1) is 0 Å². The van der Waals surface area contributed by atoms with Gasteiger partial charge < -0.3 is 5.73 Å². The molecule has 1 heterocycles. The number of anilines is 1. The number of nitrogen functional groups attached to an aromatic ring is 1. The number of halogens is 1. The Bertz CT molecular complexity index is 510. The summed E-state index contributed by atoms with van der Waals surface area (Å²) in [7, 11) is 0. The largest absolute Gasteiger partial charge is 0.399 e. The van der Waals surface area contributed by atoms with Crippen molar-refractivity contribution in [3.63, 3.8) is 0 Å². The van der Waals surface area contributed by atoms with E-state index in [1.54, 1.807) is 11.3 Å². The number of nitrogens with two attached hydrogens (primary N) is 1. The Morgan fingerprint density at radius 3 is 2.72 bits per heavy atom. The first-order chi connectivity index (χ1) is 8.69. The molecule has 0 bridgehead atoms. The first-order valence-corrected chi connectivity index (χ1v) is 7.65. The van der Waals surface area contributed by atoms with Gasteiger partial charge in [-0.05, 0) is 51.6 Å². The molecule has 0 atom stereocenters. The molecule has 4 heteroatoms. The predicted molar refractivity (Wildman–Crippen MR) is 82.7 cm³/mol. The number of thiophene rings is 1. The lowest BCUT2D eigenvalue weighted by atomic mass is 10.2. The van der Waals surface area contributed by atoms with Gasteiger partial charge >= 0.3 is 0 Å². The smallest absolute Gasteiger partial charge is 0.0342 e. The third kappa shape index (κ3) is 3.57. The van der Waals surface area contributed by atoms with E-state index in [-0.39, 0.29) is 0 Å². The van der Waals surface area contributed by atoms with E-state index in [2.05, 4.69) is 45.3 Å². The van der Waals surface area contributed by atoms with Gasteiger partial charge in [-0.3, -0.25) is 4.90 Å². The molecule has 2 rings (SSSR count). The van der Waals surface area contributed by atoms with Gasteiger partial charge in [0.05, 0.1) is 0 Å². The highest BCUT2D eigenvalue weighted by molar-refractivity contribution is 9.10. The normalized spacial score (nSPS) is 11.1. The summed E-state index contributed by atoms with van der Waals surface area (Å²) in [4.78, 5) is 3.78. The van der Waals surface area contributed by atoms with Crippen molar-refractivity contribution < 1.29 is 0 Å². The molecule has 0 spiro atoms. The third-order valence-corrected chi connectivity index (χ3v) is 4.77. The number of hydrogen-bond acceptors (Lipinski definition) is 3. The summed E-state index contributed by atoms with van der Waals surface area (Å²) in [5.41, 5.74) is 7.91. The lowest BCUT2D eigenvalue weighted by Crippen LogP contribution is -2.22. The van der Waals surface area contributed by atoms with Gasteiger partial charge in [0.2, 0.25) is 0 Å². The van der Waals surface area contributed by atoms with Crippen molar-refractivity contribution in [3.8, 4) is 0 Å². The van der Waals surface area contributed by atoms with Crippen molar-refractivity contribution in [2.24, 2.45) is 0 Å². The molecule has 0 aliphatic heterocycles. The zero-order chi connectivity index (χ0) is 13.0. The molecule has 2 nitrogen and oxygen atoms in total. The monoisotopic (exact) mass is 324 g/mol. The fourth-order valence-corrected chi connectivity index (χ4v) is 3.39. The summed E-state index contributed by atoms with van der Waals surface area (Å²) in [6.45, 7) is 5.13. The van der Waals surface area contributed by atoms with Crippen LogP contribution in [0.25, 0.3) is 0 Å². The highest BCUT2D eigenvalue weighted by atomic mass is 79.9. The first kappa shape index (κ1) is 13.6. The number of nitrogens with zero attached hydrogens (tertiary/aromatic N) is 1. The summed E-state index contributed by atoms with van der Waals surface area (Å²) in [6, 6.07) is 10.2. The van der Waals surface area contributed by atoms with Crippen LogP contribution in [-0.2, 0) is 13.1 Å². The minimum Gasteiger partial charge on any atom is -0.399 e. The van der Waals surface area contributed by atoms with E-state index < -0.39 is 0 Å². The molecule has 18 heavy (non-hydrogen) atoms. The van der Waals surface area contributed by atoms with Crippen molar-refractivity contribution >= 4 is 33.0 Å². The Morgan fingerprint density at radius 2 is 2.11 bits per heavy atom. The molecule has 96 valence electrons. The second-order valence-corrected chi connectivity index (χ2v) is 6.10. The Hall–Kier alpha value is -0.840. The van der Waals surface area contributed by atoms with E-state index in [1.165, 1.54) is 14.9 Å². The van der Waals surface area contributed by atoms with Gasteiger partial charge in [-0.25, -0.2) is 0 Å². The molecule has 2 N–H and O–H groups in total. The molecule has 1 aromatic heterocycles. The second kappa shape index (κ2) is 6.36. The fraction of sp³-hybridized carbons (Fsp3) is 0.286. The summed E-state index contributed by atoms with van der Waals surface area (Å²) in [5, 5.41) is 2.12. The van der Waals surface area contributed by atoms with E-state index in [1.807, 2.05) is 18.2 Å². The molecule has 2 aromatic rings. The topological polar surface area (TPSA) is 29.3 Å². The van der Waals surface area contributed by atoms with Crippen LogP contribution in [0.2, 0.25) is 0 Å². The van der Waals surface area contributed by atoms with E-state index >= 15 is 0 Å². The van der Waals surface area contributed by atoms with Crippen LogP contribution in [0.3, 0.4) is 0 Å². The minimum atomic E-state index is 0.834. The summed E-state index contributed by atoms with van der Waals surface area (Å²) in [6.07, 6.45) is 0. The molecule has 0 radical (unpaired) electrons. The summed E-state index contributed by atoms with van der Waals surface area (Å²) in [5.74, 6) is 0. The predicted octanol–water partition coefficient (Wildman–Crippen LogP) is 4.11. The van der Waals surface area contributed by atoms with Crippen LogP contribution in [0.4, 0.5) is 5.69 Å². The van der Waals surface area contributed by atoms with Gasteiger partial charge in [0.25, 0.3) is 0 Å². The Balaban J connectivity index is 2.04. The van der Waals surface area contributed by atoms with Gasteiger partial charge in [0.15, 0.2) is 0 Å². The van der Waals surface area contributed by atoms with Crippen molar-refractivity contribution in [1.29, 1.82) is 0 Å². The average molecular weight is 325 g/mol. The number of hydrogen-bond donors (Lipinski definition) is 1. The average Bonchev–Trinajstić information content (AvgIpc) is 2.74. The van der Waals surface area contributed by atoms with E-state index in [0.29, 0.717) is 0 Å². The van der Waals surface area contributed by atoms with Crippen LogP contribution in [0.15, 0.2) is 40.2 Å². The minimum absolute atomic E-state index is 0.834. The van der Waals surface area contributed by atoms with Gasteiger partial charge in [-0.2, -0.15) is 0 Å². The lowest BCUT2D eigenvalue weighted by Gasteiger charge is -2.20. The zero-order valence-electron chi connectivity index (χ0n) is 10.4. The van der Waals surface area contributed by atoms with Gasteiger partial charge in [-0.15, -0.1) is 11.3 Å². The zero-order valence-corrected chi connectivity index (χ0v) is 12.8. The molecule has 0 amide bonds. The highest BCUT2D eigenvalue weighted by Crippen LogP contribution is 2.24. The van der Waals surface area contributed by atoms with Crippen LogP contribution in [0.1, 0.15) is 17.4 Å². The maximum absolute atomic E-state index is 5.81. The van der Waals surface area contributed by atoms with Crippen molar-refractivity contribution in [1.82, 2.24) is 4.90 Å². The van der Waals surface area contributed by atoms with Crippen molar-refractivity contribution in [2.45, 2.75) is 20.0 Å². The Morgan fingerprint density at radius 1 is 1.28 bits per heavy atom. The summed E-state index contributed by atoms with van der Waals surface area (Å²) < 4.78 is 1.21. The van der Waals surface area contributed by atoms with Gasteiger partial charge in [-0.1, -0.05) is 19.1 Å². The molecule has 0 saturated heterocycles. The summed E-state index contributed by atoms with van der Waals surface area (Å²) >= 11 is 5.38. The molecule has 1 aromatic carbocycles. The quantitative estimate of drug-likeness (QED) is 0.838. The molecular formula is C14H17BrN2S. The van der Waals surface area contributed by atoms with Crippen LogP contribution < -0.4 is 5.73 Å². The maximum Gasteiger partial charge on any atom is 0.0342 e. The molecular weight excluding hydrogens is 308 g/mol. The lowest BCUT2D eigenvalue weighted by molar-refractivity contribution is 0.273. The first-order valence-electron chi connectivity index (χ1n) is 5.97. The van der Waals surface area contributed by atoms with E-state index in [4.69, 9.17) is 5.73 Å². The van der Waals surface area contributed by atoms with E-state index in [0.717, 1.165) is 25.3 Å². The number of benzene rings is 1. The fourth-order valence-electron chi connectivity index (χ4n) is 1.87. The molecule has 0 aliphatic rings. The Labute approximate surface area is 121 Å². The van der Waals surface area contributed by atoms with Gasteiger partial charge in [0, 0.05) is 28.1 Å². The molecule has 0 aliphatic carbocycles. The van der Waals surface area contributed by atoms with Crippen LogP contribution in [0.5, 0.6) is 0 Å². The van der Waals surface area contributed by atoms with Gasteiger partial charge in [0.1, 0.15) is 0 Å². The maximum atomic E-state index is 5.81. The SMILES string of the molecule is CCN(Cc1cccc(N)c1)Cc1sccc1Br. The second-order valence-electron chi connectivity index (χ2n) is 4.24. The third-order valence-electron chi connectivity index (χ3n) is 2.86. The van der Waals surface area contributed by atoms with Crippen molar-refractivity contribution in [2.75, 3.05) is 12.3 Å². The standard InChI is InChI=1S/C14H17BrN2S/c1-2-17(10-14-13(15)6-7-18-14)9-11-4-3-5-12(16)8-11/h3-8H,2,9-10,16H2,1H3. The molecule has 0 unspecified atom stereocenters. The van der Waals surface area contributed by atoms with Crippen LogP contribution in [-0.4, -0.2) is 11.4 Å². The number of rotatable bonds is 5. The Kier molecular flexibility index (Phi) is 4.80. The molecule has 0 saturated carbocycles.